The van der Waals surface area contributed by atoms with Crippen molar-refractivity contribution in [3.8, 4) is 0 Å². The minimum atomic E-state index is 0.248. The molecule has 0 aromatic heterocycles. The van der Waals surface area contributed by atoms with E-state index in [1.54, 1.807) is 0 Å². The molecule has 2 nitrogen and oxygen atoms in total. The monoisotopic (exact) mass is 179 g/mol. The summed E-state index contributed by atoms with van der Waals surface area (Å²) in [5.41, 5.74) is 3.69. The van der Waals surface area contributed by atoms with E-state index in [0.717, 1.165) is 13.0 Å². The maximum absolute atomic E-state index is 8.63. The highest BCUT2D eigenvalue weighted by atomic mass is 16.3. The fraction of sp³-hybridized carbons (Fsp3) is 0.455. The van der Waals surface area contributed by atoms with E-state index < -0.39 is 0 Å². The Morgan fingerprint density at radius 3 is 2.77 bits per heavy atom. The molecule has 72 valence electrons. The minimum Gasteiger partial charge on any atom is -0.396 e. The summed E-state index contributed by atoms with van der Waals surface area (Å²) in [6.07, 6.45) is 0.799. The van der Waals surface area contributed by atoms with Gasteiger partial charge in [0.25, 0.3) is 0 Å². The Hall–Kier alpha value is -1.02. The molecule has 1 rings (SSSR count). The molecule has 13 heavy (non-hydrogen) atoms. The number of hydrogen-bond donors (Lipinski definition) is 2. The van der Waals surface area contributed by atoms with Crippen molar-refractivity contribution in [2.24, 2.45) is 0 Å². The zero-order valence-electron chi connectivity index (χ0n) is 8.30. The lowest BCUT2D eigenvalue weighted by Crippen LogP contribution is -2.04. The first-order chi connectivity index (χ1) is 6.24. The van der Waals surface area contributed by atoms with Crippen molar-refractivity contribution in [2.75, 3.05) is 18.5 Å². The molecule has 0 saturated heterocycles. The number of aliphatic hydroxyl groups excluding tert-OH is 1. The predicted molar refractivity (Wildman–Crippen MR) is 56.1 cm³/mol. The summed E-state index contributed by atoms with van der Waals surface area (Å²) in [5, 5.41) is 11.9. The Morgan fingerprint density at radius 1 is 1.31 bits per heavy atom. The van der Waals surface area contributed by atoms with Gasteiger partial charge in [0.1, 0.15) is 0 Å². The van der Waals surface area contributed by atoms with E-state index in [9.17, 15) is 0 Å². The second-order valence-corrected chi connectivity index (χ2v) is 3.32. The largest absolute Gasteiger partial charge is 0.396 e. The third-order valence-electron chi connectivity index (χ3n) is 2.04. The molecular formula is C11H17NO. The van der Waals surface area contributed by atoms with Crippen LogP contribution in [0.15, 0.2) is 18.2 Å². The molecule has 0 fully saturated rings. The number of aryl methyl sites for hydroxylation is 2. The van der Waals surface area contributed by atoms with Crippen LogP contribution in [0.5, 0.6) is 0 Å². The molecule has 0 radical (unpaired) electrons. The van der Waals surface area contributed by atoms with Gasteiger partial charge in [-0.05, 0) is 37.5 Å². The molecule has 0 aliphatic rings. The van der Waals surface area contributed by atoms with E-state index in [1.807, 2.05) is 0 Å². The fourth-order valence-electron chi connectivity index (χ4n) is 1.23. The molecular weight excluding hydrogens is 162 g/mol. The first-order valence-corrected chi connectivity index (χ1v) is 4.66. The smallest absolute Gasteiger partial charge is 0.0447 e. The van der Waals surface area contributed by atoms with Crippen molar-refractivity contribution >= 4 is 5.69 Å². The molecule has 0 unspecified atom stereocenters. The molecule has 0 bridgehead atoms. The molecule has 0 atom stereocenters. The SMILES string of the molecule is Cc1ccc(C)c(NCCCO)c1. The molecule has 0 aliphatic heterocycles. The summed E-state index contributed by atoms with van der Waals surface area (Å²) in [4.78, 5) is 0. The van der Waals surface area contributed by atoms with Gasteiger partial charge in [-0.3, -0.25) is 0 Å². The molecule has 0 aliphatic carbocycles. The Balaban J connectivity index is 2.59. The predicted octanol–water partition coefficient (Wildman–Crippen LogP) is 2.10. The van der Waals surface area contributed by atoms with Crippen LogP contribution in [-0.4, -0.2) is 18.3 Å². The van der Waals surface area contributed by atoms with Gasteiger partial charge in [-0.2, -0.15) is 0 Å². The molecule has 2 heteroatoms. The van der Waals surface area contributed by atoms with Crippen LogP contribution >= 0.6 is 0 Å². The third-order valence-corrected chi connectivity index (χ3v) is 2.04. The Morgan fingerprint density at radius 2 is 2.08 bits per heavy atom. The Bertz CT molecular complexity index is 271. The molecule has 1 aromatic carbocycles. The highest BCUT2D eigenvalue weighted by molar-refractivity contribution is 5.52. The quantitative estimate of drug-likeness (QED) is 0.694. The Kier molecular flexibility index (Phi) is 3.77. The van der Waals surface area contributed by atoms with Gasteiger partial charge in [0.05, 0.1) is 0 Å². The van der Waals surface area contributed by atoms with Crippen molar-refractivity contribution < 1.29 is 5.11 Å². The summed E-state index contributed by atoms with van der Waals surface area (Å²) < 4.78 is 0. The van der Waals surface area contributed by atoms with Gasteiger partial charge >= 0.3 is 0 Å². The Labute approximate surface area is 79.6 Å². The van der Waals surface area contributed by atoms with E-state index in [4.69, 9.17) is 5.11 Å². The number of benzene rings is 1. The van der Waals surface area contributed by atoms with Crippen LogP contribution in [0.2, 0.25) is 0 Å². The lowest BCUT2D eigenvalue weighted by atomic mass is 10.1. The lowest BCUT2D eigenvalue weighted by molar-refractivity contribution is 0.292. The van der Waals surface area contributed by atoms with Crippen LogP contribution < -0.4 is 5.32 Å². The van der Waals surface area contributed by atoms with Crippen molar-refractivity contribution in [1.82, 2.24) is 0 Å². The number of anilines is 1. The summed E-state index contributed by atoms with van der Waals surface area (Å²) in [6.45, 7) is 5.25. The molecule has 0 heterocycles. The van der Waals surface area contributed by atoms with Gasteiger partial charge in [0.2, 0.25) is 0 Å². The van der Waals surface area contributed by atoms with Crippen LogP contribution in [0.3, 0.4) is 0 Å². The summed E-state index contributed by atoms with van der Waals surface area (Å²) in [6, 6.07) is 6.34. The highest BCUT2D eigenvalue weighted by Crippen LogP contribution is 2.15. The average Bonchev–Trinajstić information content (AvgIpc) is 2.11. The topological polar surface area (TPSA) is 32.3 Å². The normalized spacial score (nSPS) is 10.1. The fourth-order valence-corrected chi connectivity index (χ4v) is 1.23. The molecule has 0 saturated carbocycles. The van der Waals surface area contributed by atoms with Crippen molar-refractivity contribution in [1.29, 1.82) is 0 Å². The number of aliphatic hydroxyl groups is 1. The van der Waals surface area contributed by atoms with Crippen LogP contribution in [0.4, 0.5) is 5.69 Å². The van der Waals surface area contributed by atoms with Crippen LogP contribution in [0.1, 0.15) is 17.5 Å². The minimum absolute atomic E-state index is 0.248. The van der Waals surface area contributed by atoms with E-state index in [0.29, 0.717) is 0 Å². The zero-order chi connectivity index (χ0) is 9.68. The summed E-state index contributed by atoms with van der Waals surface area (Å²) in [5.74, 6) is 0. The van der Waals surface area contributed by atoms with Crippen molar-refractivity contribution in [3.63, 3.8) is 0 Å². The summed E-state index contributed by atoms with van der Waals surface area (Å²) in [7, 11) is 0. The standard InChI is InChI=1S/C11H17NO/c1-9-4-5-10(2)11(8-9)12-6-3-7-13/h4-5,8,12-13H,3,6-7H2,1-2H3. The van der Waals surface area contributed by atoms with E-state index >= 15 is 0 Å². The second-order valence-electron chi connectivity index (χ2n) is 3.32. The number of hydrogen-bond acceptors (Lipinski definition) is 2. The van der Waals surface area contributed by atoms with E-state index in [-0.39, 0.29) is 6.61 Å². The van der Waals surface area contributed by atoms with Crippen molar-refractivity contribution in [3.05, 3.63) is 29.3 Å². The van der Waals surface area contributed by atoms with Gasteiger partial charge < -0.3 is 10.4 Å². The highest BCUT2D eigenvalue weighted by Gasteiger charge is 1.96. The third kappa shape index (κ3) is 3.07. The van der Waals surface area contributed by atoms with Gasteiger partial charge in [0, 0.05) is 18.8 Å². The van der Waals surface area contributed by atoms with Gasteiger partial charge in [-0.25, -0.2) is 0 Å². The maximum atomic E-state index is 8.63. The second kappa shape index (κ2) is 4.87. The van der Waals surface area contributed by atoms with Crippen LogP contribution in [0, 0.1) is 13.8 Å². The zero-order valence-corrected chi connectivity index (χ0v) is 8.30. The van der Waals surface area contributed by atoms with E-state index in [2.05, 4.69) is 37.4 Å². The van der Waals surface area contributed by atoms with Gasteiger partial charge in [0.15, 0.2) is 0 Å². The number of rotatable bonds is 4. The van der Waals surface area contributed by atoms with Gasteiger partial charge in [-0.15, -0.1) is 0 Å². The maximum Gasteiger partial charge on any atom is 0.0447 e. The number of nitrogens with one attached hydrogen (secondary N) is 1. The van der Waals surface area contributed by atoms with Crippen LogP contribution in [0.25, 0.3) is 0 Å². The van der Waals surface area contributed by atoms with E-state index in [1.165, 1.54) is 16.8 Å². The van der Waals surface area contributed by atoms with Gasteiger partial charge in [-0.1, -0.05) is 12.1 Å². The lowest BCUT2D eigenvalue weighted by Gasteiger charge is -2.09. The first-order valence-electron chi connectivity index (χ1n) is 4.66. The average molecular weight is 179 g/mol. The molecule has 0 spiro atoms. The van der Waals surface area contributed by atoms with Crippen molar-refractivity contribution in [2.45, 2.75) is 20.3 Å². The first kappa shape index (κ1) is 10.1. The molecule has 2 N–H and O–H groups in total. The summed E-state index contributed by atoms with van der Waals surface area (Å²) >= 11 is 0. The molecule has 1 aromatic rings. The molecule has 0 amide bonds. The van der Waals surface area contributed by atoms with Crippen LogP contribution in [-0.2, 0) is 0 Å².